The largest absolute Gasteiger partial charge is 0.437 e. The lowest BCUT2D eigenvalue weighted by Crippen LogP contribution is -2.38. The van der Waals surface area contributed by atoms with E-state index in [1.807, 2.05) is 0 Å². The molecule has 3 atom stereocenters. The van der Waals surface area contributed by atoms with Crippen LogP contribution in [0.15, 0.2) is 59.8 Å². The van der Waals surface area contributed by atoms with Crippen LogP contribution in [0, 0.1) is 17.7 Å². The average molecular weight is 472 g/mol. The standard InChI is InChI=1S/C24H23F3N4O3/c1-14(15-8-9-24(26,27)19(10-15)16-2-6-21(32)29-11-16)23(33)31-20-5-4-18(13-28-20)34-22-7-3-17(25)12-30-22/h2-7,11-15,19H,8-10H2,1H3,(H,29,32)(H,28,31,33)/t14?,15-,19+/m0/s1. The van der Waals surface area contributed by atoms with Gasteiger partial charge in [0.1, 0.15) is 17.4 Å². The Morgan fingerprint density at radius 2 is 2.00 bits per heavy atom. The topological polar surface area (TPSA) is 97.0 Å². The van der Waals surface area contributed by atoms with Gasteiger partial charge in [-0.05, 0) is 42.5 Å². The maximum absolute atomic E-state index is 14.6. The van der Waals surface area contributed by atoms with E-state index in [9.17, 15) is 22.8 Å². The third kappa shape index (κ3) is 5.44. The molecule has 0 saturated heterocycles. The predicted molar refractivity (Wildman–Crippen MR) is 118 cm³/mol. The number of aromatic nitrogens is 3. The van der Waals surface area contributed by atoms with Gasteiger partial charge in [-0.25, -0.2) is 23.1 Å². The summed E-state index contributed by atoms with van der Waals surface area (Å²) in [4.78, 5) is 34.5. The van der Waals surface area contributed by atoms with Gasteiger partial charge in [0.25, 0.3) is 5.92 Å². The van der Waals surface area contributed by atoms with Crippen molar-refractivity contribution in [3.05, 3.63) is 76.7 Å². The van der Waals surface area contributed by atoms with Crippen LogP contribution in [0.4, 0.5) is 19.0 Å². The van der Waals surface area contributed by atoms with Gasteiger partial charge in [0.05, 0.1) is 12.4 Å². The van der Waals surface area contributed by atoms with Gasteiger partial charge in [0, 0.05) is 36.6 Å². The van der Waals surface area contributed by atoms with Crippen LogP contribution in [0.2, 0.25) is 0 Å². The van der Waals surface area contributed by atoms with Crippen molar-refractivity contribution < 1.29 is 22.7 Å². The SMILES string of the molecule is CC(C(=O)Nc1ccc(Oc2ccc(F)cn2)cn1)[C@H]1CCC(F)(F)[C@@H](c2ccc(=O)[nH]c2)C1. The first-order chi connectivity index (χ1) is 16.2. The number of carbonyl (C=O) groups is 1. The number of rotatable bonds is 6. The number of alkyl halides is 2. The summed E-state index contributed by atoms with van der Waals surface area (Å²) >= 11 is 0. The third-order valence-electron chi connectivity index (χ3n) is 6.14. The minimum absolute atomic E-state index is 0.124. The number of carbonyl (C=O) groups excluding carboxylic acids is 1. The summed E-state index contributed by atoms with van der Waals surface area (Å²) in [6.07, 6.45) is 3.74. The van der Waals surface area contributed by atoms with E-state index in [1.54, 1.807) is 19.1 Å². The lowest BCUT2D eigenvalue weighted by atomic mass is 9.71. The van der Waals surface area contributed by atoms with Gasteiger partial charge in [-0.1, -0.05) is 13.0 Å². The average Bonchev–Trinajstić information content (AvgIpc) is 2.82. The molecule has 0 radical (unpaired) electrons. The molecule has 1 amide bonds. The molecule has 1 unspecified atom stereocenters. The van der Waals surface area contributed by atoms with Crippen LogP contribution in [0.25, 0.3) is 0 Å². The summed E-state index contributed by atoms with van der Waals surface area (Å²) in [7, 11) is 0. The number of halogens is 3. The second kappa shape index (κ2) is 9.66. The molecule has 1 aliphatic rings. The second-order valence-corrected chi connectivity index (χ2v) is 8.41. The Bertz CT molecular complexity index is 1180. The number of H-pyrrole nitrogens is 1. The Morgan fingerprint density at radius 3 is 2.65 bits per heavy atom. The van der Waals surface area contributed by atoms with Crippen LogP contribution in [-0.4, -0.2) is 26.8 Å². The zero-order chi connectivity index (χ0) is 24.3. The maximum Gasteiger partial charge on any atom is 0.254 e. The monoisotopic (exact) mass is 472 g/mol. The van der Waals surface area contributed by atoms with E-state index in [0.717, 1.165) is 6.20 Å². The van der Waals surface area contributed by atoms with Crippen LogP contribution in [0.3, 0.4) is 0 Å². The lowest BCUT2D eigenvalue weighted by Gasteiger charge is -2.38. The zero-order valence-electron chi connectivity index (χ0n) is 18.3. The fraction of sp³-hybridized carbons (Fsp3) is 0.333. The second-order valence-electron chi connectivity index (χ2n) is 8.41. The first kappa shape index (κ1) is 23.5. The molecule has 0 spiro atoms. The molecule has 10 heteroatoms. The van der Waals surface area contributed by atoms with Gasteiger partial charge in [-0.3, -0.25) is 9.59 Å². The number of amides is 1. The molecular formula is C24H23F3N4O3. The molecule has 7 nitrogen and oxygen atoms in total. The molecule has 34 heavy (non-hydrogen) atoms. The summed E-state index contributed by atoms with van der Waals surface area (Å²) in [5.41, 5.74) is -0.000160. The minimum Gasteiger partial charge on any atom is -0.437 e. The Labute approximate surface area is 193 Å². The van der Waals surface area contributed by atoms with Crippen molar-refractivity contribution in [1.82, 2.24) is 15.0 Å². The molecule has 0 aliphatic heterocycles. The van der Waals surface area contributed by atoms with E-state index >= 15 is 0 Å². The number of anilines is 1. The van der Waals surface area contributed by atoms with Crippen molar-refractivity contribution in [3.8, 4) is 11.6 Å². The fourth-order valence-electron chi connectivity index (χ4n) is 4.13. The smallest absolute Gasteiger partial charge is 0.254 e. The molecular weight excluding hydrogens is 449 g/mol. The van der Waals surface area contributed by atoms with E-state index in [1.165, 1.54) is 36.7 Å². The number of nitrogens with one attached hydrogen (secondary N) is 2. The lowest BCUT2D eigenvalue weighted by molar-refractivity contribution is -0.124. The van der Waals surface area contributed by atoms with Crippen LogP contribution in [0.5, 0.6) is 11.6 Å². The van der Waals surface area contributed by atoms with Crippen molar-refractivity contribution in [3.63, 3.8) is 0 Å². The summed E-state index contributed by atoms with van der Waals surface area (Å²) in [6, 6.07) is 8.36. The number of aromatic amines is 1. The number of pyridine rings is 3. The van der Waals surface area contributed by atoms with Crippen molar-refractivity contribution in [2.45, 2.75) is 38.0 Å². The molecule has 4 rings (SSSR count). The Hall–Kier alpha value is -3.69. The third-order valence-corrected chi connectivity index (χ3v) is 6.14. The Kier molecular flexibility index (Phi) is 6.67. The molecule has 2 N–H and O–H groups in total. The quantitative estimate of drug-likeness (QED) is 0.533. The summed E-state index contributed by atoms with van der Waals surface area (Å²) in [5, 5.41) is 2.71. The number of ether oxygens (including phenoxy) is 1. The number of hydrogen-bond acceptors (Lipinski definition) is 5. The maximum atomic E-state index is 14.6. The van der Waals surface area contributed by atoms with Gasteiger partial charge < -0.3 is 15.0 Å². The molecule has 3 heterocycles. The Morgan fingerprint density at radius 1 is 1.18 bits per heavy atom. The van der Waals surface area contributed by atoms with Gasteiger partial charge in [0.15, 0.2) is 0 Å². The molecule has 1 fully saturated rings. The van der Waals surface area contributed by atoms with Crippen LogP contribution in [0.1, 0.15) is 37.7 Å². The molecule has 1 aliphatic carbocycles. The van der Waals surface area contributed by atoms with Crippen molar-refractivity contribution in [1.29, 1.82) is 0 Å². The molecule has 0 bridgehead atoms. The van der Waals surface area contributed by atoms with Crippen LogP contribution in [-0.2, 0) is 4.79 Å². The number of hydrogen-bond donors (Lipinski definition) is 2. The first-order valence-electron chi connectivity index (χ1n) is 10.8. The van der Waals surface area contributed by atoms with Gasteiger partial charge in [-0.15, -0.1) is 0 Å². The summed E-state index contributed by atoms with van der Waals surface area (Å²) < 4.78 is 47.6. The van der Waals surface area contributed by atoms with Crippen LogP contribution < -0.4 is 15.6 Å². The van der Waals surface area contributed by atoms with E-state index in [-0.39, 0.29) is 48.3 Å². The summed E-state index contributed by atoms with van der Waals surface area (Å²) in [6.45, 7) is 1.71. The first-order valence-corrected chi connectivity index (χ1v) is 10.8. The van der Waals surface area contributed by atoms with E-state index in [2.05, 4.69) is 20.3 Å². The van der Waals surface area contributed by atoms with Gasteiger partial charge in [-0.2, -0.15) is 0 Å². The minimum atomic E-state index is -2.91. The van der Waals surface area contributed by atoms with Crippen LogP contribution >= 0.6 is 0 Å². The molecule has 178 valence electrons. The molecule has 3 aromatic rings. The summed E-state index contributed by atoms with van der Waals surface area (Å²) in [5.74, 6) is -4.75. The molecule has 1 saturated carbocycles. The highest BCUT2D eigenvalue weighted by atomic mass is 19.3. The van der Waals surface area contributed by atoms with Crippen molar-refractivity contribution in [2.24, 2.45) is 11.8 Å². The highest BCUT2D eigenvalue weighted by Crippen LogP contribution is 2.48. The zero-order valence-corrected chi connectivity index (χ0v) is 18.3. The van der Waals surface area contributed by atoms with Crippen molar-refractivity contribution >= 4 is 11.7 Å². The normalized spacial score (nSPS) is 20.4. The molecule has 3 aromatic heterocycles. The van der Waals surface area contributed by atoms with E-state index in [0.29, 0.717) is 11.3 Å². The number of nitrogens with zero attached hydrogens (tertiary/aromatic N) is 2. The van der Waals surface area contributed by atoms with Crippen molar-refractivity contribution in [2.75, 3.05) is 5.32 Å². The van der Waals surface area contributed by atoms with E-state index in [4.69, 9.17) is 4.74 Å². The Balaban J connectivity index is 1.38. The predicted octanol–water partition coefficient (Wildman–Crippen LogP) is 4.89. The van der Waals surface area contributed by atoms with Gasteiger partial charge in [0.2, 0.25) is 17.3 Å². The fourth-order valence-corrected chi connectivity index (χ4v) is 4.13. The highest BCUT2D eigenvalue weighted by Gasteiger charge is 2.47. The molecule has 0 aromatic carbocycles. The van der Waals surface area contributed by atoms with Gasteiger partial charge >= 0.3 is 0 Å². The van der Waals surface area contributed by atoms with E-state index < -0.39 is 23.6 Å². The highest BCUT2D eigenvalue weighted by molar-refractivity contribution is 5.91.